The molecule has 14 heteroatoms. The molecule has 2 saturated heterocycles. The van der Waals surface area contributed by atoms with Gasteiger partial charge in [-0.2, -0.15) is 0 Å². The van der Waals surface area contributed by atoms with Crippen molar-refractivity contribution in [3.05, 3.63) is 213 Å². The lowest BCUT2D eigenvalue weighted by Crippen LogP contribution is -2.25. The quantitative estimate of drug-likeness (QED) is 0.0154. The molecule has 13 rings (SSSR count). The summed E-state index contributed by atoms with van der Waals surface area (Å²) >= 11 is 0. The monoisotopic (exact) mass is 1610 g/mol. The molecule has 119 heavy (non-hydrogen) atoms. The summed E-state index contributed by atoms with van der Waals surface area (Å²) in [6.45, 7) is 18.3. The van der Waals surface area contributed by atoms with Gasteiger partial charge in [0.2, 0.25) is 0 Å². The molecule has 2 fully saturated rings. The van der Waals surface area contributed by atoms with Gasteiger partial charge in [0.05, 0.1) is 49.7 Å². The molecular weight excluding hydrogens is 1490 g/mol. The summed E-state index contributed by atoms with van der Waals surface area (Å²) in [4.78, 5) is 42.3. The maximum absolute atomic E-state index is 14.5. The van der Waals surface area contributed by atoms with Crippen LogP contribution in [-0.2, 0) is 50.1 Å². The lowest BCUT2D eigenvalue weighted by molar-refractivity contribution is -0.106. The third-order valence-electron chi connectivity index (χ3n) is 23.8. The average Bonchev–Trinajstić information content (AvgIpc) is 0.733. The molecule has 11 aromatic rings. The summed E-state index contributed by atoms with van der Waals surface area (Å²) < 4.78 is 70.5. The number of rotatable bonds is 46. The standard InChI is InChI=1S/C105H126O14/c1-8-11-14-17-20-23-26-31-52-111-103(106)78-59-85(114-68-81-55-76-57-83(93-46-38-42-74(6)99(93)101(76)97-72(4)40-36-44-91(81)97)70-116-87-61-79(63-89(66-87)118-95-48-29-34-50-109-95)104(107)112-53-32-27-24-21-18-15-12-9-2)65-86(60-78)115-69-82-56-77-58-84(94-47-39-43-75(7)100(94)102(77)98-73(5)41-37-45-92(82)98)71-117-88-62-80(64-90(67-88)119-96-49-30-35-51-110-96)105(108)113-54-33-28-25-22-19-16-13-10-3/h36-47,55-67,95-96H,8-35,48-54,68-71H2,1-7H3. The summed E-state index contributed by atoms with van der Waals surface area (Å²) in [5.41, 5.74) is 9.43. The van der Waals surface area contributed by atoms with E-state index in [4.69, 9.17) is 52.1 Å². The minimum absolute atomic E-state index is 0.162. The number of esters is 3. The first-order chi connectivity index (χ1) is 58.3. The van der Waals surface area contributed by atoms with Gasteiger partial charge in [-0.05, 0) is 242 Å². The predicted octanol–water partition coefficient (Wildman–Crippen LogP) is 27.9. The molecule has 0 aromatic heterocycles. The zero-order valence-corrected chi connectivity index (χ0v) is 71.9. The van der Waals surface area contributed by atoms with E-state index >= 15 is 0 Å². The summed E-state index contributed by atoms with van der Waals surface area (Å²) in [6, 6.07) is 50.8. The molecule has 2 atom stereocenters. The maximum Gasteiger partial charge on any atom is 0.338 e. The van der Waals surface area contributed by atoms with Gasteiger partial charge in [0.1, 0.15) is 60.9 Å². The van der Waals surface area contributed by atoms with Gasteiger partial charge < -0.3 is 52.1 Å². The molecule has 0 spiro atoms. The number of fused-ring (bicyclic) bond motifs is 10. The van der Waals surface area contributed by atoms with Crippen LogP contribution in [0.3, 0.4) is 0 Å². The van der Waals surface area contributed by atoms with Crippen molar-refractivity contribution in [2.24, 2.45) is 0 Å². The lowest BCUT2D eigenvalue weighted by Gasteiger charge is -2.24. The molecule has 0 bridgehead atoms. The molecule has 630 valence electrons. The van der Waals surface area contributed by atoms with Crippen molar-refractivity contribution in [2.75, 3.05) is 33.0 Å². The zero-order valence-electron chi connectivity index (χ0n) is 71.9. The summed E-state index contributed by atoms with van der Waals surface area (Å²) in [5.74, 6) is 1.60. The molecule has 0 radical (unpaired) electrons. The van der Waals surface area contributed by atoms with Gasteiger partial charge in [0, 0.05) is 31.0 Å². The number of carbonyl (C=O) groups is 3. The van der Waals surface area contributed by atoms with E-state index in [9.17, 15) is 14.4 Å². The number of unbranched alkanes of at least 4 members (excludes halogenated alkanes) is 21. The number of benzene rings is 11. The van der Waals surface area contributed by atoms with Crippen LogP contribution in [0.2, 0.25) is 0 Å². The van der Waals surface area contributed by atoms with E-state index in [-0.39, 0.29) is 26.4 Å². The first kappa shape index (κ1) is 86.9. The molecule has 0 amide bonds. The predicted molar refractivity (Wildman–Crippen MR) is 481 cm³/mol. The van der Waals surface area contributed by atoms with Crippen LogP contribution in [0.4, 0.5) is 0 Å². The van der Waals surface area contributed by atoms with Crippen LogP contribution in [0, 0.1) is 27.7 Å². The molecule has 2 unspecified atom stereocenters. The molecule has 2 heterocycles. The highest BCUT2D eigenvalue weighted by atomic mass is 16.7. The Kier molecular flexibility index (Phi) is 32.4. The minimum atomic E-state index is -0.443. The SMILES string of the molecule is CCCCCCCCCCOC(=O)c1cc(OCc2cc3cc(COc4cc(OC5CCCCO5)cc(C(=O)OCCCCCCCCCC)c4)c4cccc(C)c4c3c3c(C)cccc23)cc(OCc2cc3cc(COc4cc(OC5CCCCO5)cc(C(=O)OCCCCCCCCCC)c4)c4cccc(C)c4c3c3c(C)cccc23)c1. The molecule has 2 aliphatic rings. The number of carbonyl (C=O) groups excluding carboxylic acids is 3. The van der Waals surface area contributed by atoms with E-state index in [1.807, 2.05) is 18.2 Å². The molecular formula is C105H126O14. The van der Waals surface area contributed by atoms with Crippen molar-refractivity contribution in [1.82, 2.24) is 0 Å². The smallest absolute Gasteiger partial charge is 0.338 e. The van der Waals surface area contributed by atoms with Gasteiger partial charge >= 0.3 is 17.9 Å². The van der Waals surface area contributed by atoms with Crippen LogP contribution < -0.4 is 28.4 Å². The summed E-state index contributed by atoms with van der Waals surface area (Å²) in [5, 5.41) is 13.1. The van der Waals surface area contributed by atoms with Crippen LogP contribution in [-0.4, -0.2) is 63.5 Å². The van der Waals surface area contributed by atoms with E-state index in [1.165, 1.54) is 96.3 Å². The fraction of sp³-hybridized carbons (Fsp3) is 0.457. The van der Waals surface area contributed by atoms with Crippen molar-refractivity contribution in [1.29, 1.82) is 0 Å². The molecule has 2 aliphatic heterocycles. The van der Waals surface area contributed by atoms with E-state index in [0.717, 1.165) is 205 Å². The van der Waals surface area contributed by atoms with E-state index in [2.05, 4.69) is 146 Å². The molecule has 0 saturated carbocycles. The van der Waals surface area contributed by atoms with Crippen molar-refractivity contribution >= 4 is 82.5 Å². The lowest BCUT2D eigenvalue weighted by atomic mass is 9.88. The van der Waals surface area contributed by atoms with Crippen molar-refractivity contribution in [3.63, 3.8) is 0 Å². The fourth-order valence-electron chi connectivity index (χ4n) is 17.4. The number of aryl methyl sites for hydroxylation is 4. The largest absolute Gasteiger partial charge is 0.489 e. The number of ether oxygens (including phenoxy) is 11. The highest BCUT2D eigenvalue weighted by Gasteiger charge is 2.25. The molecule has 0 aliphatic carbocycles. The Morgan fingerprint density at radius 3 is 0.832 bits per heavy atom. The Bertz CT molecular complexity index is 4920. The average molecular weight is 1610 g/mol. The van der Waals surface area contributed by atoms with E-state index in [0.29, 0.717) is 84.2 Å². The first-order valence-electron chi connectivity index (χ1n) is 45.1. The van der Waals surface area contributed by atoms with Gasteiger partial charge in [0.25, 0.3) is 0 Å². The van der Waals surface area contributed by atoms with Crippen LogP contribution in [0.5, 0.6) is 34.5 Å². The van der Waals surface area contributed by atoms with Crippen LogP contribution in [0.15, 0.2) is 152 Å². The maximum atomic E-state index is 14.5. The first-order valence-corrected chi connectivity index (χ1v) is 45.1. The Morgan fingerprint density at radius 1 is 0.303 bits per heavy atom. The fourth-order valence-corrected chi connectivity index (χ4v) is 17.4. The van der Waals surface area contributed by atoms with Gasteiger partial charge in [-0.3, -0.25) is 0 Å². The molecule has 14 nitrogen and oxygen atoms in total. The summed E-state index contributed by atoms with van der Waals surface area (Å²) in [7, 11) is 0. The second kappa shape index (κ2) is 44.4. The minimum Gasteiger partial charge on any atom is -0.489 e. The third-order valence-corrected chi connectivity index (χ3v) is 23.8. The second-order valence-corrected chi connectivity index (χ2v) is 33.2. The topological polar surface area (TPSA) is 153 Å². The number of hydrogen-bond donors (Lipinski definition) is 0. The molecule has 0 N–H and O–H groups in total. The third kappa shape index (κ3) is 23.6. The van der Waals surface area contributed by atoms with Crippen LogP contribution in [0.1, 0.15) is 289 Å². The Morgan fingerprint density at radius 2 is 0.563 bits per heavy atom. The van der Waals surface area contributed by atoms with Crippen molar-refractivity contribution in [2.45, 2.75) is 280 Å². The number of hydrogen-bond acceptors (Lipinski definition) is 14. The molecule has 11 aromatic carbocycles. The Hall–Kier alpha value is -9.89. The van der Waals surface area contributed by atoms with Crippen molar-refractivity contribution in [3.8, 4) is 34.5 Å². The Labute approximate surface area is 705 Å². The van der Waals surface area contributed by atoms with Crippen LogP contribution >= 0.6 is 0 Å². The summed E-state index contributed by atoms with van der Waals surface area (Å²) in [6.07, 6.45) is 32.0. The normalized spacial score (nSPS) is 14.3. The Balaban J connectivity index is 0.790. The van der Waals surface area contributed by atoms with E-state index < -0.39 is 30.5 Å². The second-order valence-electron chi connectivity index (χ2n) is 33.2. The zero-order chi connectivity index (χ0) is 82.7. The van der Waals surface area contributed by atoms with Gasteiger partial charge in [-0.25, -0.2) is 14.4 Å². The highest BCUT2D eigenvalue weighted by Crippen LogP contribution is 2.44. The van der Waals surface area contributed by atoms with Gasteiger partial charge in [-0.1, -0.05) is 228 Å². The highest BCUT2D eigenvalue weighted by molar-refractivity contribution is 6.24. The van der Waals surface area contributed by atoms with Crippen molar-refractivity contribution < 1.29 is 66.5 Å². The van der Waals surface area contributed by atoms with Gasteiger partial charge in [-0.15, -0.1) is 0 Å². The van der Waals surface area contributed by atoms with Gasteiger partial charge in [0.15, 0.2) is 12.6 Å². The van der Waals surface area contributed by atoms with Crippen LogP contribution in [0.25, 0.3) is 64.6 Å². The van der Waals surface area contributed by atoms with E-state index in [1.54, 1.807) is 36.4 Å².